The lowest BCUT2D eigenvalue weighted by molar-refractivity contribution is -0.122. The lowest BCUT2D eigenvalue weighted by Crippen LogP contribution is -2.44. The Balaban J connectivity index is 1.36. The molecule has 1 aromatic carbocycles. The highest BCUT2D eigenvalue weighted by atomic mass is 32.1. The first-order valence-electron chi connectivity index (χ1n) is 9.58. The van der Waals surface area contributed by atoms with E-state index in [1.54, 1.807) is 0 Å². The van der Waals surface area contributed by atoms with Gasteiger partial charge >= 0.3 is 0 Å². The van der Waals surface area contributed by atoms with Crippen LogP contribution in [-0.2, 0) is 11.2 Å². The molecule has 0 heterocycles. The van der Waals surface area contributed by atoms with Crippen LogP contribution in [0.25, 0.3) is 0 Å². The molecule has 2 fully saturated rings. The van der Waals surface area contributed by atoms with Gasteiger partial charge in [0.25, 0.3) is 0 Å². The summed E-state index contributed by atoms with van der Waals surface area (Å²) in [5.74, 6) is 2.25. The molecular weight excluding hydrogens is 330 g/mol. The van der Waals surface area contributed by atoms with Gasteiger partial charge in [0.05, 0.1) is 0 Å². The normalized spacial score (nSPS) is 24.1. The molecule has 3 N–H and O–H groups in total. The zero-order chi connectivity index (χ0) is 17.6. The maximum Gasteiger partial charge on any atom is 0.238 e. The summed E-state index contributed by atoms with van der Waals surface area (Å²) in [6, 6.07) is 8.29. The Morgan fingerprint density at radius 1 is 1.16 bits per heavy atom. The maximum atomic E-state index is 12.1. The molecule has 2 aliphatic carbocycles. The predicted molar refractivity (Wildman–Crippen MR) is 106 cm³/mol. The number of aryl methyl sites for hydroxylation is 1. The topological polar surface area (TPSA) is 53.2 Å². The third-order valence-corrected chi connectivity index (χ3v) is 5.88. The molecule has 136 valence electrons. The predicted octanol–water partition coefficient (Wildman–Crippen LogP) is 4.17. The molecule has 1 aromatic rings. The average molecular weight is 360 g/mol. The van der Waals surface area contributed by atoms with Crippen molar-refractivity contribution in [3.05, 3.63) is 29.8 Å². The lowest BCUT2D eigenvalue weighted by atomic mass is 9.86. The van der Waals surface area contributed by atoms with E-state index in [0.29, 0.717) is 17.5 Å². The summed E-state index contributed by atoms with van der Waals surface area (Å²) in [6.45, 7) is 2.20. The Bertz CT molecular complexity index is 601. The molecule has 2 saturated carbocycles. The van der Waals surface area contributed by atoms with Crippen LogP contribution in [0.5, 0.6) is 0 Å². The number of hydrazine groups is 1. The van der Waals surface area contributed by atoms with E-state index in [1.165, 1.54) is 44.1 Å². The zero-order valence-corrected chi connectivity index (χ0v) is 15.8. The van der Waals surface area contributed by atoms with Crippen LogP contribution in [0.15, 0.2) is 24.3 Å². The van der Waals surface area contributed by atoms with E-state index in [1.807, 2.05) is 12.1 Å². The molecule has 0 radical (unpaired) electrons. The number of nitrogens with one attached hydrogen (secondary N) is 3. The highest BCUT2D eigenvalue weighted by Crippen LogP contribution is 2.49. The van der Waals surface area contributed by atoms with Crippen LogP contribution in [0.2, 0.25) is 0 Å². The quantitative estimate of drug-likeness (QED) is 0.527. The largest absolute Gasteiger partial charge is 0.331 e. The van der Waals surface area contributed by atoms with Gasteiger partial charge in [-0.1, -0.05) is 31.9 Å². The highest BCUT2D eigenvalue weighted by Gasteiger charge is 2.40. The number of anilines is 1. The molecule has 2 bridgehead atoms. The molecule has 0 aromatic heterocycles. The third-order valence-electron chi connectivity index (χ3n) is 5.68. The summed E-state index contributed by atoms with van der Waals surface area (Å²) >= 11 is 5.26. The first-order chi connectivity index (χ1) is 12.1. The molecule has 25 heavy (non-hydrogen) atoms. The van der Waals surface area contributed by atoms with Gasteiger partial charge in [-0.15, -0.1) is 0 Å². The van der Waals surface area contributed by atoms with Gasteiger partial charge in [-0.3, -0.25) is 15.6 Å². The first kappa shape index (κ1) is 18.2. The minimum absolute atomic E-state index is 0.0385. The summed E-state index contributed by atoms with van der Waals surface area (Å²) in [5.41, 5.74) is 7.82. The van der Waals surface area contributed by atoms with Crippen molar-refractivity contribution < 1.29 is 4.79 Å². The number of fused-ring (bicyclic) bond motifs is 2. The van der Waals surface area contributed by atoms with Gasteiger partial charge in [-0.05, 0) is 79.8 Å². The molecule has 1 amide bonds. The molecular formula is C20H29N3OS. The molecule has 0 aliphatic heterocycles. The van der Waals surface area contributed by atoms with E-state index in [9.17, 15) is 4.79 Å². The van der Waals surface area contributed by atoms with Gasteiger partial charge in [-0.25, -0.2) is 0 Å². The number of rotatable bonds is 6. The number of hydrogen-bond acceptors (Lipinski definition) is 2. The number of amides is 1. The van der Waals surface area contributed by atoms with Crippen molar-refractivity contribution in [1.29, 1.82) is 0 Å². The average Bonchev–Trinajstić information content (AvgIpc) is 3.22. The van der Waals surface area contributed by atoms with Crippen LogP contribution in [0.4, 0.5) is 5.69 Å². The fourth-order valence-electron chi connectivity index (χ4n) is 4.34. The number of hydrogen-bond donors (Lipinski definition) is 3. The Morgan fingerprint density at radius 3 is 2.60 bits per heavy atom. The van der Waals surface area contributed by atoms with E-state index >= 15 is 0 Å². The Labute approximate surface area is 156 Å². The number of benzene rings is 1. The third kappa shape index (κ3) is 5.18. The van der Waals surface area contributed by atoms with Crippen LogP contribution in [0, 0.1) is 17.8 Å². The second-order valence-corrected chi connectivity index (χ2v) is 7.98. The maximum absolute atomic E-state index is 12.1. The molecule has 0 unspecified atom stereocenters. The molecule has 5 heteroatoms. The van der Waals surface area contributed by atoms with Crippen LogP contribution < -0.4 is 16.2 Å². The Kier molecular flexibility index (Phi) is 6.29. The van der Waals surface area contributed by atoms with Crippen LogP contribution in [0.3, 0.4) is 0 Å². The molecule has 4 nitrogen and oxygen atoms in total. The van der Waals surface area contributed by atoms with Gasteiger partial charge in [-0.2, -0.15) is 0 Å². The molecule has 3 atom stereocenters. The SMILES string of the molecule is CCCCc1ccc(NC(=S)NNC(=O)C[C@@H]2C[C@@H]3CC[C@@H]2C3)cc1. The van der Waals surface area contributed by atoms with Crippen molar-refractivity contribution in [3.8, 4) is 0 Å². The van der Waals surface area contributed by atoms with Crippen molar-refractivity contribution >= 4 is 28.9 Å². The second-order valence-electron chi connectivity index (χ2n) is 7.57. The number of carbonyl (C=O) groups is 1. The second kappa shape index (κ2) is 8.65. The minimum atomic E-state index is 0.0385. The highest BCUT2D eigenvalue weighted by molar-refractivity contribution is 7.80. The molecule has 2 aliphatic rings. The number of thiocarbonyl (C=S) groups is 1. The summed E-state index contributed by atoms with van der Waals surface area (Å²) in [5, 5.41) is 3.53. The monoisotopic (exact) mass is 359 g/mol. The zero-order valence-electron chi connectivity index (χ0n) is 15.0. The summed E-state index contributed by atoms with van der Waals surface area (Å²) in [4.78, 5) is 12.1. The van der Waals surface area contributed by atoms with Gasteiger partial charge in [0.15, 0.2) is 5.11 Å². The summed E-state index contributed by atoms with van der Waals surface area (Å²) < 4.78 is 0. The van der Waals surface area contributed by atoms with Crippen molar-refractivity contribution in [2.45, 2.75) is 58.3 Å². The van der Waals surface area contributed by atoms with Gasteiger partial charge in [0.1, 0.15) is 0 Å². The van der Waals surface area contributed by atoms with E-state index in [2.05, 4.69) is 35.2 Å². The van der Waals surface area contributed by atoms with E-state index in [4.69, 9.17) is 12.2 Å². The van der Waals surface area contributed by atoms with Crippen molar-refractivity contribution in [3.63, 3.8) is 0 Å². The van der Waals surface area contributed by atoms with Crippen LogP contribution in [-0.4, -0.2) is 11.0 Å². The van der Waals surface area contributed by atoms with E-state index in [0.717, 1.165) is 23.9 Å². The smallest absolute Gasteiger partial charge is 0.238 e. The summed E-state index contributed by atoms with van der Waals surface area (Å²) in [6.07, 6.45) is 9.38. The fraction of sp³-hybridized carbons (Fsp3) is 0.600. The number of unbranched alkanes of at least 4 members (excludes halogenated alkanes) is 1. The van der Waals surface area contributed by atoms with Gasteiger partial charge < -0.3 is 5.32 Å². The van der Waals surface area contributed by atoms with Crippen molar-refractivity contribution in [2.75, 3.05) is 5.32 Å². The molecule has 3 rings (SSSR count). The van der Waals surface area contributed by atoms with Crippen molar-refractivity contribution in [2.24, 2.45) is 17.8 Å². The van der Waals surface area contributed by atoms with Gasteiger partial charge in [0, 0.05) is 12.1 Å². The number of carbonyl (C=O) groups excluding carboxylic acids is 1. The van der Waals surface area contributed by atoms with Gasteiger partial charge in [0.2, 0.25) is 5.91 Å². The van der Waals surface area contributed by atoms with Crippen molar-refractivity contribution in [1.82, 2.24) is 10.9 Å². The van der Waals surface area contributed by atoms with E-state index in [-0.39, 0.29) is 5.91 Å². The molecule has 0 spiro atoms. The van der Waals surface area contributed by atoms with Crippen LogP contribution >= 0.6 is 12.2 Å². The Morgan fingerprint density at radius 2 is 1.96 bits per heavy atom. The standard InChI is InChI=1S/C20H29N3OS/c1-2-3-4-14-6-9-18(10-7-14)21-20(25)23-22-19(24)13-17-12-15-5-8-16(17)11-15/h6-7,9-10,15-17H,2-5,8,11-13H2,1H3,(H,22,24)(H2,21,23,25)/t15-,16-,17+/m1/s1. The van der Waals surface area contributed by atoms with Crippen LogP contribution in [0.1, 0.15) is 57.4 Å². The summed E-state index contributed by atoms with van der Waals surface area (Å²) in [7, 11) is 0. The van der Waals surface area contributed by atoms with E-state index < -0.39 is 0 Å². The Hall–Kier alpha value is -1.62. The first-order valence-corrected chi connectivity index (χ1v) is 9.99. The lowest BCUT2D eigenvalue weighted by Gasteiger charge is -2.21. The molecule has 0 saturated heterocycles. The fourth-order valence-corrected chi connectivity index (χ4v) is 4.51. The minimum Gasteiger partial charge on any atom is -0.331 e.